The Balaban J connectivity index is 2.06. The molecule has 3 atom stereocenters. The number of allylic oxidation sites excluding steroid dienone is 7. The average Bonchev–Trinajstić information content (AvgIpc) is 3.18. The van der Waals surface area contributed by atoms with Crippen LogP contribution in [0.1, 0.15) is 236 Å². The molecule has 0 radical (unpaired) electrons. The molecule has 0 bridgehead atoms. The fourth-order valence-corrected chi connectivity index (χ4v) is 9.12. The predicted octanol–water partition coefficient (Wildman–Crippen LogP) is 18.3. The first-order valence-electron chi connectivity index (χ1n) is 23.8. The molecule has 3 unspecified atom stereocenters. The zero-order valence-electron chi connectivity index (χ0n) is 36.6. The summed E-state index contributed by atoms with van der Waals surface area (Å²) in [6, 6.07) is 7.42. The molecule has 2 rings (SSSR count). The summed E-state index contributed by atoms with van der Waals surface area (Å²) >= 11 is 0. The summed E-state index contributed by atoms with van der Waals surface area (Å²) in [6.45, 7) is 19.3. The van der Waals surface area contributed by atoms with Crippen molar-refractivity contribution in [3.63, 3.8) is 0 Å². The van der Waals surface area contributed by atoms with Crippen LogP contribution in [0.25, 0.3) is 0 Å². The van der Waals surface area contributed by atoms with Crippen LogP contribution in [0.4, 0.5) is 0 Å². The molecule has 1 aromatic rings. The molecule has 0 aromatic heterocycles. The van der Waals surface area contributed by atoms with Crippen molar-refractivity contribution in [1.82, 2.24) is 0 Å². The minimum absolute atomic E-state index is 0.148. The summed E-state index contributed by atoms with van der Waals surface area (Å²) < 4.78 is 0. The molecule has 0 nitrogen and oxygen atoms in total. The number of aryl methyl sites for hydroxylation is 1. The molecular weight excluding hydrogens is 649 g/mol. The van der Waals surface area contributed by atoms with E-state index in [-0.39, 0.29) is 5.41 Å². The maximum atomic E-state index is 3.87. The van der Waals surface area contributed by atoms with E-state index in [9.17, 15) is 0 Å². The Morgan fingerprint density at radius 1 is 0.593 bits per heavy atom. The first-order valence-corrected chi connectivity index (χ1v) is 23.8. The number of fused-ring (bicyclic) bond motifs is 1. The minimum atomic E-state index is 0.148. The molecule has 0 spiro atoms. The van der Waals surface area contributed by atoms with Crippen LogP contribution in [0.5, 0.6) is 0 Å². The van der Waals surface area contributed by atoms with Crippen LogP contribution in [0.15, 0.2) is 80.0 Å². The standard InChI is InChI=1S/C54H90/c1-7-10-13-16-19-22-25-28-31-34-39-48(4)54(6)47-38-41-50(40-35-32-29-26-23-20-17-14-11-8-2)45-46-53-51(43-37-44-52(53)49(54)5)42-36-33-30-27-24-21-18-15-12-9-3/h7-9,37-38,41,43-44,47-49H,1-3,10-36,39-40,42,45-46H2,4-6H3/b47-38-,50-41-. The van der Waals surface area contributed by atoms with Crippen molar-refractivity contribution in [2.24, 2.45) is 11.3 Å². The normalized spacial score (nSPS) is 19.4. The largest absolute Gasteiger partial charge is 0.103 e. The van der Waals surface area contributed by atoms with E-state index in [1.807, 2.05) is 0 Å². The predicted molar refractivity (Wildman–Crippen MR) is 246 cm³/mol. The first kappa shape index (κ1) is 48.1. The van der Waals surface area contributed by atoms with Crippen LogP contribution in [-0.4, -0.2) is 0 Å². The van der Waals surface area contributed by atoms with Crippen LogP contribution in [0.3, 0.4) is 0 Å². The molecule has 0 heterocycles. The molecule has 0 heteroatoms. The third-order valence-electron chi connectivity index (χ3n) is 13.3. The Kier molecular flexibility index (Phi) is 28.5. The van der Waals surface area contributed by atoms with Gasteiger partial charge in [0.2, 0.25) is 0 Å². The van der Waals surface area contributed by atoms with Gasteiger partial charge in [0.15, 0.2) is 0 Å². The summed E-state index contributed by atoms with van der Waals surface area (Å²) in [7, 11) is 0. The second-order valence-electron chi connectivity index (χ2n) is 17.7. The summed E-state index contributed by atoms with van der Waals surface area (Å²) in [5, 5.41) is 0. The Morgan fingerprint density at radius 2 is 1.04 bits per heavy atom. The van der Waals surface area contributed by atoms with E-state index >= 15 is 0 Å². The van der Waals surface area contributed by atoms with Crippen molar-refractivity contribution in [3.8, 4) is 0 Å². The van der Waals surface area contributed by atoms with E-state index in [0.717, 1.165) is 0 Å². The van der Waals surface area contributed by atoms with Gasteiger partial charge in [-0.25, -0.2) is 0 Å². The van der Waals surface area contributed by atoms with E-state index < -0.39 is 0 Å². The lowest BCUT2D eigenvalue weighted by molar-refractivity contribution is 0.212. The number of benzene rings is 1. The number of unbranched alkanes of at least 4 members (excludes halogenated alkanes) is 24. The summed E-state index contributed by atoms with van der Waals surface area (Å²) in [5.41, 5.74) is 6.83. The zero-order valence-corrected chi connectivity index (χ0v) is 36.6. The Bertz CT molecular complexity index is 1150. The Morgan fingerprint density at radius 3 is 1.54 bits per heavy atom. The smallest absolute Gasteiger partial charge is 0.00517 e. The third-order valence-corrected chi connectivity index (χ3v) is 13.3. The fraction of sp³-hybridized carbons (Fsp3) is 0.704. The average molecular weight is 739 g/mol. The quantitative estimate of drug-likeness (QED) is 0.0488. The lowest BCUT2D eigenvalue weighted by atomic mass is 9.64. The lowest BCUT2D eigenvalue weighted by Gasteiger charge is -2.41. The van der Waals surface area contributed by atoms with Gasteiger partial charge in [0.25, 0.3) is 0 Å². The van der Waals surface area contributed by atoms with Crippen LogP contribution in [0, 0.1) is 11.3 Å². The Labute approximate surface area is 338 Å². The van der Waals surface area contributed by atoms with E-state index in [0.29, 0.717) is 11.8 Å². The maximum absolute atomic E-state index is 3.87. The third kappa shape index (κ3) is 20.7. The van der Waals surface area contributed by atoms with Crippen molar-refractivity contribution in [3.05, 3.63) is 96.7 Å². The molecule has 0 fully saturated rings. The van der Waals surface area contributed by atoms with Crippen LogP contribution in [0.2, 0.25) is 0 Å². The van der Waals surface area contributed by atoms with Gasteiger partial charge >= 0.3 is 0 Å². The zero-order chi connectivity index (χ0) is 39.0. The SMILES string of the molecule is C=CCCCCCCCCCC/C1=C/C=C\C(C)(C(C)CCCCCCCCCCC=C)C(C)c2cccc(CCCCCCCCCCC=C)c2CC1. The summed E-state index contributed by atoms with van der Waals surface area (Å²) in [6.07, 6.45) is 56.8. The van der Waals surface area contributed by atoms with Crippen molar-refractivity contribution < 1.29 is 0 Å². The van der Waals surface area contributed by atoms with E-state index in [1.165, 1.54) is 205 Å². The van der Waals surface area contributed by atoms with Gasteiger partial charge in [-0.2, -0.15) is 0 Å². The molecule has 1 aliphatic carbocycles. The monoisotopic (exact) mass is 739 g/mol. The molecule has 0 saturated heterocycles. The van der Waals surface area contributed by atoms with Gasteiger partial charge in [0, 0.05) is 0 Å². The van der Waals surface area contributed by atoms with E-state index in [2.05, 4.69) is 95.2 Å². The van der Waals surface area contributed by atoms with Crippen LogP contribution < -0.4 is 0 Å². The molecular formula is C54H90. The fourth-order valence-electron chi connectivity index (χ4n) is 9.12. The van der Waals surface area contributed by atoms with Gasteiger partial charge in [-0.15, -0.1) is 19.7 Å². The molecule has 1 aromatic carbocycles. The number of hydrogen-bond acceptors (Lipinski definition) is 0. The highest BCUT2D eigenvalue weighted by Gasteiger charge is 2.36. The highest BCUT2D eigenvalue weighted by molar-refractivity contribution is 5.41. The lowest BCUT2D eigenvalue weighted by Crippen LogP contribution is -2.30. The van der Waals surface area contributed by atoms with E-state index in [4.69, 9.17) is 0 Å². The highest BCUT2D eigenvalue weighted by atomic mass is 14.4. The highest BCUT2D eigenvalue weighted by Crippen LogP contribution is 2.47. The summed E-state index contributed by atoms with van der Waals surface area (Å²) in [4.78, 5) is 0. The van der Waals surface area contributed by atoms with Crippen LogP contribution >= 0.6 is 0 Å². The van der Waals surface area contributed by atoms with Gasteiger partial charge in [-0.3, -0.25) is 0 Å². The van der Waals surface area contributed by atoms with Crippen molar-refractivity contribution in [2.75, 3.05) is 0 Å². The molecule has 1 aliphatic rings. The topological polar surface area (TPSA) is 0 Å². The van der Waals surface area contributed by atoms with Crippen LogP contribution in [-0.2, 0) is 12.8 Å². The van der Waals surface area contributed by atoms with E-state index in [1.54, 1.807) is 22.3 Å². The van der Waals surface area contributed by atoms with Gasteiger partial charge in [-0.05, 0) is 117 Å². The maximum Gasteiger partial charge on any atom is -0.00517 e. The van der Waals surface area contributed by atoms with Crippen molar-refractivity contribution >= 4 is 0 Å². The molecule has 0 saturated carbocycles. The van der Waals surface area contributed by atoms with Gasteiger partial charge in [0.05, 0.1) is 0 Å². The van der Waals surface area contributed by atoms with Crippen molar-refractivity contribution in [2.45, 2.75) is 232 Å². The van der Waals surface area contributed by atoms with Gasteiger partial charge in [-0.1, -0.05) is 203 Å². The van der Waals surface area contributed by atoms with Crippen molar-refractivity contribution in [1.29, 1.82) is 0 Å². The first-order chi connectivity index (χ1) is 26.5. The van der Waals surface area contributed by atoms with Gasteiger partial charge in [0.1, 0.15) is 0 Å². The molecule has 0 N–H and O–H groups in total. The summed E-state index contributed by atoms with van der Waals surface area (Å²) in [5.74, 6) is 1.17. The Hall–Kier alpha value is -2.08. The second-order valence-corrected chi connectivity index (χ2v) is 17.7. The molecule has 0 amide bonds. The number of rotatable bonds is 34. The minimum Gasteiger partial charge on any atom is -0.103 e. The van der Waals surface area contributed by atoms with Gasteiger partial charge < -0.3 is 0 Å². The molecule has 306 valence electrons. The second kappa shape index (κ2) is 32.1. The molecule has 54 heavy (non-hydrogen) atoms. The number of hydrogen-bond donors (Lipinski definition) is 0. The molecule has 0 aliphatic heterocycles.